The van der Waals surface area contributed by atoms with E-state index in [9.17, 15) is 9.59 Å². The first-order valence-electron chi connectivity index (χ1n) is 5.23. The number of carboxylic acid groups (broad SMARTS) is 1. The third-order valence-corrected chi connectivity index (χ3v) is 3.12. The van der Waals surface area contributed by atoms with E-state index in [4.69, 9.17) is 5.11 Å². The maximum Gasteiger partial charge on any atom is 0.306 e. The summed E-state index contributed by atoms with van der Waals surface area (Å²) < 4.78 is 0.923. The molecule has 0 bridgehead atoms. The lowest BCUT2D eigenvalue weighted by atomic mass is 10.1. The quantitative estimate of drug-likeness (QED) is 0.876. The highest BCUT2D eigenvalue weighted by Crippen LogP contribution is 2.15. The minimum absolute atomic E-state index is 0.000212. The number of hydrogen-bond donors (Lipinski definition) is 2. The van der Waals surface area contributed by atoms with Gasteiger partial charge >= 0.3 is 5.97 Å². The van der Waals surface area contributed by atoms with Crippen molar-refractivity contribution in [3.8, 4) is 0 Å². The van der Waals surface area contributed by atoms with E-state index in [-0.39, 0.29) is 12.3 Å². The van der Waals surface area contributed by atoms with Crippen LogP contribution in [0.25, 0.3) is 0 Å². The smallest absolute Gasteiger partial charge is 0.306 e. The van der Waals surface area contributed by atoms with Crippen molar-refractivity contribution < 1.29 is 14.7 Å². The van der Waals surface area contributed by atoms with E-state index in [0.29, 0.717) is 6.54 Å². The molecule has 0 heterocycles. The topological polar surface area (TPSA) is 66.4 Å². The van der Waals surface area contributed by atoms with E-state index in [1.54, 1.807) is 0 Å². The van der Waals surface area contributed by atoms with Gasteiger partial charge in [0.15, 0.2) is 0 Å². The molecule has 92 valence electrons. The third-order valence-electron chi connectivity index (χ3n) is 2.35. The highest BCUT2D eigenvalue weighted by atomic mass is 79.9. The fraction of sp³-hybridized carbons (Fsp3) is 0.333. The van der Waals surface area contributed by atoms with Crippen LogP contribution >= 0.6 is 15.9 Å². The maximum absolute atomic E-state index is 11.5. The SMILES string of the molecule is CC(CC(=O)NCc1ccccc1Br)C(=O)O. The van der Waals surface area contributed by atoms with Gasteiger partial charge in [-0.2, -0.15) is 0 Å². The summed E-state index contributed by atoms with van der Waals surface area (Å²) >= 11 is 3.38. The second-order valence-corrected chi connectivity index (χ2v) is 4.67. The lowest BCUT2D eigenvalue weighted by Crippen LogP contribution is -2.26. The molecule has 0 saturated heterocycles. The van der Waals surface area contributed by atoms with Crippen LogP contribution in [0.15, 0.2) is 28.7 Å². The van der Waals surface area contributed by atoms with Crippen molar-refractivity contribution in [3.63, 3.8) is 0 Å². The van der Waals surface area contributed by atoms with Gasteiger partial charge < -0.3 is 10.4 Å². The molecule has 0 aliphatic heterocycles. The van der Waals surface area contributed by atoms with Crippen molar-refractivity contribution in [1.29, 1.82) is 0 Å². The van der Waals surface area contributed by atoms with E-state index >= 15 is 0 Å². The summed E-state index contributed by atoms with van der Waals surface area (Å²) in [6.07, 6.45) is -0.000212. The zero-order valence-corrected chi connectivity index (χ0v) is 11.0. The van der Waals surface area contributed by atoms with E-state index in [2.05, 4.69) is 21.2 Å². The van der Waals surface area contributed by atoms with Crippen molar-refractivity contribution >= 4 is 27.8 Å². The van der Waals surface area contributed by atoms with Crippen molar-refractivity contribution in [3.05, 3.63) is 34.3 Å². The fourth-order valence-electron chi connectivity index (χ4n) is 1.27. The molecule has 0 fully saturated rings. The number of hydrogen-bond acceptors (Lipinski definition) is 2. The molecule has 0 aromatic heterocycles. The van der Waals surface area contributed by atoms with Gasteiger partial charge in [0, 0.05) is 17.4 Å². The predicted molar refractivity (Wildman–Crippen MR) is 67.4 cm³/mol. The normalized spacial score (nSPS) is 11.9. The van der Waals surface area contributed by atoms with Crippen LogP contribution in [0, 0.1) is 5.92 Å². The number of carboxylic acids is 1. The monoisotopic (exact) mass is 299 g/mol. The summed E-state index contributed by atoms with van der Waals surface area (Å²) in [6.45, 7) is 1.91. The van der Waals surface area contributed by atoms with Crippen LogP contribution in [0.4, 0.5) is 0 Å². The Labute approximate surface area is 108 Å². The molecule has 17 heavy (non-hydrogen) atoms. The number of carbonyl (C=O) groups excluding carboxylic acids is 1. The molecular weight excluding hydrogens is 286 g/mol. The lowest BCUT2D eigenvalue weighted by molar-refractivity contribution is -0.143. The number of nitrogens with one attached hydrogen (secondary N) is 1. The van der Waals surface area contributed by atoms with E-state index in [1.807, 2.05) is 24.3 Å². The minimum Gasteiger partial charge on any atom is -0.481 e. The lowest BCUT2D eigenvalue weighted by Gasteiger charge is -2.08. The van der Waals surface area contributed by atoms with Gasteiger partial charge in [0.25, 0.3) is 0 Å². The van der Waals surface area contributed by atoms with Gasteiger partial charge in [0.2, 0.25) is 5.91 Å². The highest BCUT2D eigenvalue weighted by molar-refractivity contribution is 9.10. The van der Waals surface area contributed by atoms with Gasteiger partial charge in [-0.25, -0.2) is 0 Å². The molecule has 1 unspecified atom stereocenters. The van der Waals surface area contributed by atoms with Crippen LogP contribution in [-0.4, -0.2) is 17.0 Å². The summed E-state index contributed by atoms with van der Waals surface area (Å²) in [7, 11) is 0. The highest BCUT2D eigenvalue weighted by Gasteiger charge is 2.15. The number of rotatable bonds is 5. The molecule has 0 aliphatic rings. The molecule has 1 atom stereocenters. The van der Waals surface area contributed by atoms with Crippen LogP contribution in [0.2, 0.25) is 0 Å². The number of amides is 1. The largest absolute Gasteiger partial charge is 0.481 e. The molecule has 2 N–H and O–H groups in total. The zero-order chi connectivity index (χ0) is 12.8. The van der Waals surface area contributed by atoms with Gasteiger partial charge in [-0.15, -0.1) is 0 Å². The summed E-state index contributed by atoms with van der Waals surface area (Å²) in [5.74, 6) is -1.87. The first-order chi connectivity index (χ1) is 8.00. The number of aliphatic carboxylic acids is 1. The number of benzene rings is 1. The maximum atomic E-state index is 11.5. The van der Waals surface area contributed by atoms with Crippen LogP contribution in [0.1, 0.15) is 18.9 Å². The summed E-state index contributed by atoms with van der Waals surface area (Å²) in [5.41, 5.74) is 0.962. The van der Waals surface area contributed by atoms with Gasteiger partial charge in [-0.1, -0.05) is 41.1 Å². The molecule has 5 heteroatoms. The number of halogens is 1. The molecule has 0 radical (unpaired) electrons. The summed E-state index contributed by atoms with van der Waals surface area (Å²) in [6, 6.07) is 7.56. The van der Waals surface area contributed by atoms with Crippen LogP contribution in [0.5, 0.6) is 0 Å². The summed E-state index contributed by atoms with van der Waals surface area (Å²) in [4.78, 5) is 22.0. The van der Waals surface area contributed by atoms with Gasteiger partial charge in [0.1, 0.15) is 0 Å². The molecule has 0 spiro atoms. The van der Waals surface area contributed by atoms with Gasteiger partial charge in [-0.3, -0.25) is 9.59 Å². The van der Waals surface area contributed by atoms with Crippen molar-refractivity contribution in [2.75, 3.05) is 0 Å². The van der Waals surface area contributed by atoms with E-state index in [0.717, 1.165) is 10.0 Å². The second kappa shape index (κ2) is 6.39. The first-order valence-corrected chi connectivity index (χ1v) is 6.03. The van der Waals surface area contributed by atoms with Gasteiger partial charge in [-0.05, 0) is 11.6 Å². The molecule has 0 aliphatic carbocycles. The fourth-order valence-corrected chi connectivity index (χ4v) is 1.70. The van der Waals surface area contributed by atoms with E-state index in [1.165, 1.54) is 6.92 Å². The molecule has 0 saturated carbocycles. The average Bonchev–Trinajstić information content (AvgIpc) is 2.27. The molecule has 1 amide bonds. The predicted octanol–water partition coefficient (Wildman–Crippen LogP) is 2.18. The van der Waals surface area contributed by atoms with E-state index < -0.39 is 11.9 Å². The summed E-state index contributed by atoms with van der Waals surface area (Å²) in [5, 5.41) is 11.4. The van der Waals surface area contributed by atoms with Crippen molar-refractivity contribution in [2.24, 2.45) is 5.92 Å². The average molecular weight is 300 g/mol. The van der Waals surface area contributed by atoms with Crippen molar-refractivity contribution in [1.82, 2.24) is 5.32 Å². The van der Waals surface area contributed by atoms with Crippen LogP contribution in [0.3, 0.4) is 0 Å². The first kappa shape index (κ1) is 13.7. The van der Waals surface area contributed by atoms with Crippen molar-refractivity contribution in [2.45, 2.75) is 19.9 Å². The van der Waals surface area contributed by atoms with Gasteiger partial charge in [0.05, 0.1) is 5.92 Å². The van der Waals surface area contributed by atoms with Crippen LogP contribution < -0.4 is 5.32 Å². The molecule has 1 rings (SSSR count). The Balaban J connectivity index is 2.44. The Morgan fingerprint density at radius 3 is 2.65 bits per heavy atom. The number of carbonyl (C=O) groups is 2. The molecular formula is C12H14BrNO3. The zero-order valence-electron chi connectivity index (χ0n) is 9.44. The Bertz CT molecular complexity index is 420. The molecule has 4 nitrogen and oxygen atoms in total. The standard InChI is InChI=1S/C12H14BrNO3/c1-8(12(16)17)6-11(15)14-7-9-4-2-3-5-10(9)13/h2-5,8H,6-7H2,1H3,(H,14,15)(H,16,17). The second-order valence-electron chi connectivity index (χ2n) is 3.81. The Morgan fingerprint density at radius 1 is 1.41 bits per heavy atom. The molecule has 1 aromatic rings. The molecule has 1 aromatic carbocycles. The third kappa shape index (κ3) is 4.56. The Morgan fingerprint density at radius 2 is 2.06 bits per heavy atom. The minimum atomic E-state index is -0.957. The van der Waals surface area contributed by atoms with Crippen LogP contribution in [-0.2, 0) is 16.1 Å². The Hall–Kier alpha value is -1.36. The Kier molecular flexibility index (Phi) is 5.15.